The summed E-state index contributed by atoms with van der Waals surface area (Å²) in [4.78, 5) is 15.3. The monoisotopic (exact) mass is 377 g/mol. The van der Waals surface area contributed by atoms with E-state index in [1.54, 1.807) is 0 Å². The number of hydrogen-bond donors (Lipinski definition) is 0. The smallest absolute Gasteiger partial charge is 0.180 e. The van der Waals surface area contributed by atoms with Crippen LogP contribution in [0.5, 0.6) is 0 Å². The van der Waals surface area contributed by atoms with Gasteiger partial charge >= 0.3 is 0 Å². The highest BCUT2D eigenvalue weighted by Gasteiger charge is 2.24. The lowest BCUT2D eigenvalue weighted by molar-refractivity contribution is 0.0909. The second kappa shape index (κ2) is 7.76. The Balaban J connectivity index is 1.42. The summed E-state index contributed by atoms with van der Waals surface area (Å²) in [6.45, 7) is 8.25. The molecule has 146 valence electrons. The van der Waals surface area contributed by atoms with Crippen LogP contribution in [-0.4, -0.2) is 40.0 Å². The highest BCUT2D eigenvalue weighted by molar-refractivity contribution is 5.99. The van der Waals surface area contributed by atoms with E-state index >= 15 is 0 Å². The summed E-state index contributed by atoms with van der Waals surface area (Å²) in [7, 11) is 0. The number of carbonyl (C=O) groups is 1. The van der Waals surface area contributed by atoms with Gasteiger partial charge in [0.05, 0.1) is 6.54 Å². The third kappa shape index (κ3) is 3.67. The molecule has 1 aromatic carbocycles. The number of carbonyl (C=O) groups excluding carboxylic acids is 1. The summed E-state index contributed by atoms with van der Waals surface area (Å²) in [6, 6.07) is 14.6. The molecule has 0 spiro atoms. The van der Waals surface area contributed by atoms with Crippen LogP contribution >= 0.6 is 0 Å². The van der Waals surface area contributed by atoms with Crippen LogP contribution in [0.1, 0.15) is 51.8 Å². The molecule has 0 saturated carbocycles. The van der Waals surface area contributed by atoms with Gasteiger partial charge in [0.25, 0.3) is 0 Å². The SMILES string of the molecule is Cc1cc(-n2c(C)cc(C(=O)CN3CCC(c4ccccc4)CC3)c2C)no1. The molecule has 0 atom stereocenters. The van der Waals surface area contributed by atoms with Crippen LogP contribution in [0.2, 0.25) is 0 Å². The Morgan fingerprint density at radius 1 is 1.11 bits per heavy atom. The van der Waals surface area contributed by atoms with Crippen molar-refractivity contribution in [2.75, 3.05) is 19.6 Å². The number of hydrogen-bond acceptors (Lipinski definition) is 4. The third-order valence-corrected chi connectivity index (χ3v) is 5.80. The van der Waals surface area contributed by atoms with Crippen molar-refractivity contribution in [1.82, 2.24) is 14.6 Å². The van der Waals surface area contributed by atoms with Crippen molar-refractivity contribution in [2.45, 2.75) is 39.5 Å². The Bertz CT molecular complexity index is 963. The van der Waals surface area contributed by atoms with Gasteiger partial charge in [-0.05, 0) is 64.3 Å². The zero-order valence-corrected chi connectivity index (χ0v) is 16.8. The average molecular weight is 377 g/mol. The van der Waals surface area contributed by atoms with Gasteiger partial charge in [0, 0.05) is 23.0 Å². The van der Waals surface area contributed by atoms with Crippen LogP contribution in [0.4, 0.5) is 0 Å². The van der Waals surface area contributed by atoms with Crippen LogP contribution < -0.4 is 0 Å². The van der Waals surface area contributed by atoms with E-state index in [0.717, 1.165) is 54.5 Å². The van der Waals surface area contributed by atoms with E-state index in [9.17, 15) is 4.79 Å². The third-order valence-electron chi connectivity index (χ3n) is 5.80. The first-order valence-electron chi connectivity index (χ1n) is 9.96. The van der Waals surface area contributed by atoms with Crippen LogP contribution in [0.25, 0.3) is 5.82 Å². The lowest BCUT2D eigenvalue weighted by Gasteiger charge is -2.31. The fourth-order valence-corrected chi connectivity index (χ4v) is 4.29. The van der Waals surface area contributed by atoms with E-state index in [1.165, 1.54) is 5.56 Å². The largest absolute Gasteiger partial charge is 0.360 e. The maximum Gasteiger partial charge on any atom is 0.180 e. The zero-order valence-electron chi connectivity index (χ0n) is 16.8. The van der Waals surface area contributed by atoms with Crippen molar-refractivity contribution < 1.29 is 9.32 Å². The molecule has 1 saturated heterocycles. The zero-order chi connectivity index (χ0) is 19.7. The second-order valence-electron chi connectivity index (χ2n) is 7.80. The van der Waals surface area contributed by atoms with Gasteiger partial charge in [-0.25, -0.2) is 0 Å². The maximum atomic E-state index is 13.0. The van der Waals surface area contributed by atoms with E-state index in [4.69, 9.17) is 4.52 Å². The highest BCUT2D eigenvalue weighted by atomic mass is 16.5. The predicted molar refractivity (Wildman–Crippen MR) is 109 cm³/mol. The fraction of sp³-hybridized carbons (Fsp3) is 0.391. The van der Waals surface area contributed by atoms with Gasteiger partial charge < -0.3 is 4.52 Å². The van der Waals surface area contributed by atoms with Crippen molar-refractivity contribution in [2.24, 2.45) is 0 Å². The summed E-state index contributed by atoms with van der Waals surface area (Å²) in [5.74, 6) is 2.28. The molecule has 2 aromatic heterocycles. The number of Topliss-reactive ketones (excluding diaryl/α,β-unsaturated/α-hetero) is 1. The van der Waals surface area contributed by atoms with Gasteiger partial charge in [0.2, 0.25) is 0 Å². The molecule has 3 heterocycles. The predicted octanol–water partition coefficient (Wildman–Crippen LogP) is 4.45. The van der Waals surface area contributed by atoms with Gasteiger partial charge in [-0.2, -0.15) is 0 Å². The molecule has 1 fully saturated rings. The van der Waals surface area contributed by atoms with Gasteiger partial charge in [-0.3, -0.25) is 14.3 Å². The summed E-state index contributed by atoms with van der Waals surface area (Å²) in [5, 5.41) is 4.10. The van der Waals surface area contributed by atoms with Crippen LogP contribution in [0.3, 0.4) is 0 Å². The molecular weight excluding hydrogens is 350 g/mol. The molecule has 0 amide bonds. The number of ketones is 1. The molecule has 5 heteroatoms. The average Bonchev–Trinajstić information content (AvgIpc) is 3.25. The maximum absolute atomic E-state index is 13.0. The summed E-state index contributed by atoms with van der Waals surface area (Å²) in [5.41, 5.74) is 4.12. The lowest BCUT2D eigenvalue weighted by atomic mass is 9.89. The number of likely N-dealkylation sites (tertiary alicyclic amines) is 1. The minimum atomic E-state index is 0.178. The molecule has 0 N–H and O–H groups in total. The van der Waals surface area contributed by atoms with E-state index in [2.05, 4.69) is 40.4 Å². The Labute approximate surface area is 165 Å². The molecule has 0 unspecified atom stereocenters. The molecule has 28 heavy (non-hydrogen) atoms. The molecule has 3 aromatic rings. The molecule has 0 radical (unpaired) electrons. The van der Waals surface area contributed by atoms with Crippen molar-refractivity contribution in [3.8, 4) is 5.82 Å². The number of benzene rings is 1. The minimum Gasteiger partial charge on any atom is -0.360 e. The number of aryl methyl sites for hydroxylation is 2. The van der Waals surface area contributed by atoms with Crippen molar-refractivity contribution in [3.63, 3.8) is 0 Å². The number of piperidine rings is 1. The first-order valence-corrected chi connectivity index (χ1v) is 9.96. The quantitative estimate of drug-likeness (QED) is 0.616. The Kier molecular flexibility index (Phi) is 5.18. The van der Waals surface area contributed by atoms with Crippen molar-refractivity contribution in [3.05, 3.63) is 70.7 Å². The molecule has 5 nitrogen and oxygen atoms in total. The molecule has 1 aliphatic heterocycles. The van der Waals surface area contributed by atoms with Crippen molar-refractivity contribution in [1.29, 1.82) is 0 Å². The number of rotatable bonds is 5. The molecular formula is C23H27N3O2. The number of nitrogens with zero attached hydrogens (tertiary/aromatic N) is 3. The second-order valence-corrected chi connectivity index (χ2v) is 7.80. The topological polar surface area (TPSA) is 51.3 Å². The Hall–Kier alpha value is -2.66. The van der Waals surface area contributed by atoms with E-state index in [1.807, 2.05) is 37.5 Å². The summed E-state index contributed by atoms with van der Waals surface area (Å²) < 4.78 is 7.19. The van der Waals surface area contributed by atoms with E-state index < -0.39 is 0 Å². The standard InChI is InChI=1S/C23H27N3O2/c1-16-13-21(18(3)26(16)23-14-17(2)28-24-23)22(27)15-25-11-9-20(10-12-25)19-7-5-4-6-8-19/h4-8,13-14,20H,9-12,15H2,1-3H3. The van der Waals surface area contributed by atoms with E-state index in [0.29, 0.717) is 12.5 Å². The molecule has 1 aliphatic rings. The Morgan fingerprint density at radius 2 is 1.82 bits per heavy atom. The highest BCUT2D eigenvalue weighted by Crippen LogP contribution is 2.28. The van der Waals surface area contributed by atoms with Crippen LogP contribution in [-0.2, 0) is 0 Å². The fourth-order valence-electron chi connectivity index (χ4n) is 4.29. The summed E-state index contributed by atoms with van der Waals surface area (Å²) in [6.07, 6.45) is 2.21. The van der Waals surface area contributed by atoms with Crippen LogP contribution in [0.15, 0.2) is 47.0 Å². The molecule has 0 aliphatic carbocycles. The molecule has 4 rings (SSSR count). The Morgan fingerprint density at radius 3 is 2.46 bits per heavy atom. The van der Waals surface area contributed by atoms with Crippen molar-refractivity contribution >= 4 is 5.78 Å². The lowest BCUT2D eigenvalue weighted by Crippen LogP contribution is -2.36. The molecule has 0 bridgehead atoms. The van der Waals surface area contributed by atoms with Gasteiger partial charge in [-0.15, -0.1) is 0 Å². The van der Waals surface area contributed by atoms with Crippen LogP contribution in [0, 0.1) is 20.8 Å². The van der Waals surface area contributed by atoms with Gasteiger partial charge in [0.15, 0.2) is 11.6 Å². The van der Waals surface area contributed by atoms with Gasteiger partial charge in [-0.1, -0.05) is 35.5 Å². The van der Waals surface area contributed by atoms with E-state index in [-0.39, 0.29) is 5.78 Å². The van der Waals surface area contributed by atoms with Gasteiger partial charge in [0.1, 0.15) is 5.76 Å². The first kappa shape index (κ1) is 18.7. The minimum absolute atomic E-state index is 0.178. The summed E-state index contributed by atoms with van der Waals surface area (Å²) >= 11 is 0. The first-order chi connectivity index (χ1) is 13.5. The number of aromatic nitrogens is 2. The normalized spacial score (nSPS) is 15.8.